The molecule has 1 atom stereocenters. The van der Waals surface area contributed by atoms with E-state index in [4.69, 9.17) is 21.1 Å². The van der Waals surface area contributed by atoms with E-state index in [-0.39, 0.29) is 5.91 Å². The van der Waals surface area contributed by atoms with Crippen LogP contribution in [0.1, 0.15) is 12.5 Å². The third kappa shape index (κ3) is 5.00. The van der Waals surface area contributed by atoms with Crippen molar-refractivity contribution < 1.29 is 14.3 Å². The molecular formula is C17H17ClN2O3. The van der Waals surface area contributed by atoms with Gasteiger partial charge in [-0.05, 0) is 43.3 Å². The summed E-state index contributed by atoms with van der Waals surface area (Å²) in [5.41, 5.74) is 3.20. The third-order valence-electron chi connectivity index (χ3n) is 3.01. The van der Waals surface area contributed by atoms with Crippen molar-refractivity contribution in [3.05, 3.63) is 59.1 Å². The number of para-hydroxylation sites is 1. The number of hydrogen-bond acceptors (Lipinski definition) is 4. The van der Waals surface area contributed by atoms with Gasteiger partial charge < -0.3 is 9.47 Å². The molecule has 0 saturated heterocycles. The van der Waals surface area contributed by atoms with Crippen molar-refractivity contribution in [1.29, 1.82) is 0 Å². The van der Waals surface area contributed by atoms with Crippen LogP contribution in [-0.4, -0.2) is 25.3 Å². The Morgan fingerprint density at radius 2 is 1.91 bits per heavy atom. The highest BCUT2D eigenvalue weighted by Crippen LogP contribution is 2.17. The van der Waals surface area contributed by atoms with Crippen LogP contribution in [0.15, 0.2) is 53.6 Å². The van der Waals surface area contributed by atoms with Crippen LogP contribution in [-0.2, 0) is 4.79 Å². The molecule has 2 aromatic carbocycles. The van der Waals surface area contributed by atoms with Gasteiger partial charge in [0.25, 0.3) is 5.91 Å². The average molecular weight is 333 g/mol. The van der Waals surface area contributed by atoms with E-state index in [9.17, 15) is 4.79 Å². The summed E-state index contributed by atoms with van der Waals surface area (Å²) in [6.07, 6.45) is 0.831. The van der Waals surface area contributed by atoms with Crippen molar-refractivity contribution in [2.75, 3.05) is 7.11 Å². The number of methoxy groups -OCH3 is 1. The molecule has 2 aromatic rings. The number of carbonyl (C=O) groups is 1. The number of nitrogens with zero attached hydrogens (tertiary/aromatic N) is 1. The Balaban J connectivity index is 1.90. The van der Waals surface area contributed by atoms with Crippen LogP contribution in [0.4, 0.5) is 0 Å². The lowest BCUT2D eigenvalue weighted by molar-refractivity contribution is -0.127. The third-order valence-corrected chi connectivity index (χ3v) is 3.27. The van der Waals surface area contributed by atoms with E-state index in [1.54, 1.807) is 38.3 Å². The molecule has 0 bridgehead atoms. The molecule has 0 aliphatic rings. The first kappa shape index (κ1) is 16.8. The lowest BCUT2D eigenvalue weighted by atomic mass is 10.2. The minimum absolute atomic E-state index is 0.355. The molecule has 0 unspecified atom stereocenters. The second-order valence-electron chi connectivity index (χ2n) is 4.69. The normalized spacial score (nSPS) is 12.0. The molecule has 5 nitrogen and oxygen atoms in total. The van der Waals surface area contributed by atoms with E-state index >= 15 is 0 Å². The number of hydrazone groups is 1. The summed E-state index contributed by atoms with van der Waals surface area (Å²) >= 11 is 5.80. The number of ether oxygens (including phenoxy) is 2. The topological polar surface area (TPSA) is 59.9 Å². The molecule has 23 heavy (non-hydrogen) atoms. The fraction of sp³-hybridized carbons (Fsp3) is 0.176. The number of hydrogen-bond donors (Lipinski definition) is 1. The maximum Gasteiger partial charge on any atom is 0.280 e. The van der Waals surface area contributed by atoms with Crippen molar-refractivity contribution in [3.63, 3.8) is 0 Å². The van der Waals surface area contributed by atoms with Crippen LogP contribution in [0.3, 0.4) is 0 Å². The van der Waals surface area contributed by atoms with Crippen molar-refractivity contribution in [3.8, 4) is 11.5 Å². The molecule has 6 heteroatoms. The van der Waals surface area contributed by atoms with Crippen LogP contribution in [0.25, 0.3) is 0 Å². The van der Waals surface area contributed by atoms with E-state index < -0.39 is 6.10 Å². The van der Waals surface area contributed by atoms with E-state index in [2.05, 4.69) is 10.5 Å². The minimum Gasteiger partial charge on any atom is -0.496 e. The van der Waals surface area contributed by atoms with Gasteiger partial charge in [-0.3, -0.25) is 4.79 Å². The number of rotatable bonds is 6. The summed E-state index contributed by atoms with van der Waals surface area (Å²) in [4.78, 5) is 12.0. The van der Waals surface area contributed by atoms with Crippen LogP contribution >= 0.6 is 11.6 Å². The zero-order valence-corrected chi connectivity index (χ0v) is 13.6. The molecule has 0 aliphatic heterocycles. The van der Waals surface area contributed by atoms with Crippen molar-refractivity contribution in [2.24, 2.45) is 5.10 Å². The lowest BCUT2D eigenvalue weighted by Gasteiger charge is -2.12. The van der Waals surface area contributed by atoms with Gasteiger partial charge in [-0.2, -0.15) is 5.10 Å². The highest BCUT2D eigenvalue weighted by atomic mass is 35.5. The first-order valence-electron chi connectivity index (χ1n) is 6.98. The summed E-state index contributed by atoms with van der Waals surface area (Å²) < 4.78 is 10.7. The predicted molar refractivity (Wildman–Crippen MR) is 90.3 cm³/mol. The van der Waals surface area contributed by atoms with Crippen LogP contribution in [0.5, 0.6) is 11.5 Å². The Hall–Kier alpha value is -2.53. The maximum absolute atomic E-state index is 12.0. The number of carbonyl (C=O) groups excluding carboxylic acids is 1. The van der Waals surface area contributed by atoms with Gasteiger partial charge >= 0.3 is 0 Å². The summed E-state index contributed by atoms with van der Waals surface area (Å²) in [7, 11) is 1.58. The van der Waals surface area contributed by atoms with Crippen LogP contribution in [0.2, 0.25) is 5.02 Å². The molecule has 0 spiro atoms. The predicted octanol–water partition coefficient (Wildman–Crippen LogP) is 3.27. The number of halogens is 1. The van der Waals surface area contributed by atoms with Gasteiger partial charge in [0.05, 0.1) is 13.3 Å². The van der Waals surface area contributed by atoms with Gasteiger partial charge in [-0.15, -0.1) is 0 Å². The Bertz CT molecular complexity index is 686. The standard InChI is InChI=1S/C17H17ClN2O3/c1-12(23-15-9-7-14(18)8-10-15)17(21)20-19-11-13-5-3-4-6-16(13)22-2/h3-12H,1-2H3,(H,20,21)/b19-11-/t12-/m0/s1. The molecule has 0 aromatic heterocycles. The first-order valence-corrected chi connectivity index (χ1v) is 7.36. The molecule has 1 amide bonds. The summed E-state index contributed by atoms with van der Waals surface area (Å²) in [5, 5.41) is 4.53. The van der Waals surface area contributed by atoms with E-state index in [1.807, 2.05) is 24.3 Å². The van der Waals surface area contributed by atoms with E-state index in [0.29, 0.717) is 16.5 Å². The maximum atomic E-state index is 12.0. The Kier molecular flexibility index (Phi) is 6.00. The highest BCUT2D eigenvalue weighted by Gasteiger charge is 2.13. The molecule has 1 N–H and O–H groups in total. The molecule has 0 heterocycles. The Morgan fingerprint density at radius 3 is 2.61 bits per heavy atom. The molecular weight excluding hydrogens is 316 g/mol. The van der Waals surface area contributed by atoms with Gasteiger partial charge in [-0.25, -0.2) is 5.43 Å². The largest absolute Gasteiger partial charge is 0.496 e. The van der Waals surface area contributed by atoms with E-state index in [0.717, 1.165) is 5.56 Å². The second-order valence-corrected chi connectivity index (χ2v) is 5.13. The van der Waals surface area contributed by atoms with Gasteiger partial charge in [0.1, 0.15) is 11.5 Å². The number of benzene rings is 2. The first-order chi connectivity index (χ1) is 11.1. The van der Waals surface area contributed by atoms with Gasteiger partial charge in [0.2, 0.25) is 0 Å². The number of nitrogens with one attached hydrogen (secondary N) is 1. The van der Waals surface area contributed by atoms with E-state index in [1.165, 1.54) is 6.21 Å². The molecule has 0 fully saturated rings. The van der Waals surface area contributed by atoms with Crippen LogP contribution < -0.4 is 14.9 Å². The minimum atomic E-state index is -0.689. The highest BCUT2D eigenvalue weighted by molar-refractivity contribution is 6.30. The molecule has 0 radical (unpaired) electrons. The van der Waals surface area contributed by atoms with Crippen LogP contribution in [0, 0.1) is 0 Å². The van der Waals surface area contributed by atoms with Crippen molar-refractivity contribution in [1.82, 2.24) is 5.43 Å². The quantitative estimate of drug-likeness (QED) is 0.652. The Labute approximate surface area is 139 Å². The lowest BCUT2D eigenvalue weighted by Crippen LogP contribution is -2.33. The molecule has 120 valence electrons. The molecule has 0 aliphatic carbocycles. The zero-order valence-electron chi connectivity index (χ0n) is 12.8. The molecule has 0 saturated carbocycles. The number of amides is 1. The zero-order chi connectivity index (χ0) is 16.7. The van der Waals surface area contributed by atoms with Gasteiger partial charge in [0, 0.05) is 10.6 Å². The SMILES string of the molecule is COc1ccccc1/C=N\NC(=O)[C@H](C)Oc1ccc(Cl)cc1. The molecule has 2 rings (SSSR count). The Morgan fingerprint density at radius 1 is 1.22 bits per heavy atom. The van der Waals surface area contributed by atoms with Gasteiger partial charge in [-0.1, -0.05) is 23.7 Å². The van der Waals surface area contributed by atoms with Crippen molar-refractivity contribution >= 4 is 23.7 Å². The summed E-state index contributed by atoms with van der Waals surface area (Å²) in [5.74, 6) is 0.882. The smallest absolute Gasteiger partial charge is 0.280 e. The summed E-state index contributed by atoms with van der Waals surface area (Å²) in [6.45, 7) is 1.64. The average Bonchev–Trinajstić information content (AvgIpc) is 2.57. The fourth-order valence-electron chi connectivity index (χ4n) is 1.80. The monoisotopic (exact) mass is 332 g/mol. The van der Waals surface area contributed by atoms with Gasteiger partial charge in [0.15, 0.2) is 6.10 Å². The second kappa shape index (κ2) is 8.19. The fourth-order valence-corrected chi connectivity index (χ4v) is 1.93. The summed E-state index contributed by atoms with van der Waals surface area (Å²) in [6, 6.07) is 14.2. The van der Waals surface area contributed by atoms with Crippen molar-refractivity contribution in [2.45, 2.75) is 13.0 Å².